The molecule has 6 heteroatoms. The van der Waals surface area contributed by atoms with Gasteiger partial charge in [0.15, 0.2) is 5.82 Å². The number of hydrogen-bond acceptors (Lipinski definition) is 5. The van der Waals surface area contributed by atoms with Gasteiger partial charge in [0.05, 0.1) is 18.2 Å². The lowest BCUT2D eigenvalue weighted by atomic mass is 10.1. The van der Waals surface area contributed by atoms with Gasteiger partial charge < -0.3 is 9.47 Å². The number of hydrogen-bond donors (Lipinski definition) is 0. The number of nitrogens with zero attached hydrogens (tertiary/aromatic N) is 4. The second kappa shape index (κ2) is 8.97. The predicted molar refractivity (Wildman–Crippen MR) is 116 cm³/mol. The van der Waals surface area contributed by atoms with Crippen LogP contribution < -0.4 is 10.5 Å². The number of thioether (sulfide) groups is 1. The molecule has 1 fully saturated rings. The van der Waals surface area contributed by atoms with Gasteiger partial charge in [-0.15, -0.1) is 11.8 Å². The number of rotatable bonds is 5. The van der Waals surface area contributed by atoms with Crippen LogP contribution in [0.1, 0.15) is 24.0 Å². The second-order valence-corrected chi connectivity index (χ2v) is 8.48. The van der Waals surface area contributed by atoms with Crippen molar-refractivity contribution in [3.63, 3.8) is 0 Å². The van der Waals surface area contributed by atoms with Crippen LogP contribution in [-0.2, 0) is 6.54 Å². The summed E-state index contributed by atoms with van der Waals surface area (Å²) in [7, 11) is 0. The Morgan fingerprint density at radius 1 is 1.07 bits per heavy atom. The summed E-state index contributed by atoms with van der Waals surface area (Å²) in [6.07, 6.45) is 5.49. The molecule has 0 spiro atoms. The zero-order valence-corrected chi connectivity index (χ0v) is 16.9. The normalized spacial score (nSPS) is 14.5. The van der Waals surface area contributed by atoms with Crippen LogP contribution in [0.2, 0.25) is 0 Å². The van der Waals surface area contributed by atoms with Gasteiger partial charge in [0, 0.05) is 35.6 Å². The molecule has 5 nitrogen and oxygen atoms in total. The van der Waals surface area contributed by atoms with Crippen LogP contribution in [-0.4, -0.2) is 27.9 Å². The fourth-order valence-corrected chi connectivity index (χ4v) is 4.68. The Kier molecular flexibility index (Phi) is 5.97. The maximum Gasteiger partial charge on any atom is 0.293 e. The van der Waals surface area contributed by atoms with Crippen molar-refractivity contribution in [3.8, 4) is 6.07 Å². The molecule has 4 rings (SSSR count). The van der Waals surface area contributed by atoms with Crippen molar-refractivity contribution in [2.45, 2.75) is 29.5 Å². The summed E-state index contributed by atoms with van der Waals surface area (Å²) in [6, 6.07) is 19.9. The van der Waals surface area contributed by atoms with Crippen LogP contribution in [0.4, 0.5) is 5.82 Å². The molecule has 0 aliphatic carbocycles. The molecular weight excluding hydrogens is 380 g/mol. The van der Waals surface area contributed by atoms with Crippen LogP contribution >= 0.6 is 11.8 Å². The van der Waals surface area contributed by atoms with Crippen LogP contribution in [0.25, 0.3) is 0 Å². The molecule has 2 aromatic carbocycles. The number of anilines is 1. The average Bonchev–Trinajstić information content (AvgIpc) is 2.77. The minimum absolute atomic E-state index is 0.0639. The van der Waals surface area contributed by atoms with E-state index in [1.54, 1.807) is 29.1 Å². The Morgan fingerprint density at radius 3 is 2.48 bits per heavy atom. The second-order valence-electron chi connectivity index (χ2n) is 7.11. The molecule has 0 atom stereocenters. The van der Waals surface area contributed by atoms with E-state index in [1.165, 1.54) is 4.90 Å². The van der Waals surface area contributed by atoms with E-state index in [-0.39, 0.29) is 5.56 Å². The molecule has 29 heavy (non-hydrogen) atoms. The number of benzene rings is 2. The standard InChI is InChI=1S/C23H22N4OS/c24-16-18-6-8-19(9-7-18)17-27-15-12-25-22(23(27)28)26-13-10-21(11-14-26)29-20-4-2-1-3-5-20/h1-9,12,15,21H,10-11,13-14,17H2. The molecule has 1 saturated heterocycles. The number of piperidine rings is 1. The Labute approximate surface area is 174 Å². The molecule has 0 radical (unpaired) electrons. The Hall–Kier alpha value is -3.04. The van der Waals surface area contributed by atoms with Gasteiger partial charge in [-0.1, -0.05) is 30.3 Å². The van der Waals surface area contributed by atoms with Crippen molar-refractivity contribution in [2.75, 3.05) is 18.0 Å². The van der Waals surface area contributed by atoms with Crippen molar-refractivity contribution < 1.29 is 0 Å². The molecule has 1 aliphatic rings. The maximum absolute atomic E-state index is 13.0. The lowest BCUT2D eigenvalue weighted by molar-refractivity contribution is 0.579. The first-order valence-corrected chi connectivity index (χ1v) is 10.6. The highest BCUT2D eigenvalue weighted by Crippen LogP contribution is 2.30. The molecule has 2 heterocycles. The van der Waals surface area contributed by atoms with Gasteiger partial charge in [-0.25, -0.2) is 4.98 Å². The fraction of sp³-hybridized carbons (Fsp3) is 0.261. The first-order chi connectivity index (χ1) is 14.2. The van der Waals surface area contributed by atoms with Crippen molar-refractivity contribution >= 4 is 17.6 Å². The largest absolute Gasteiger partial charge is 0.352 e. The van der Waals surface area contributed by atoms with E-state index in [1.807, 2.05) is 30.0 Å². The monoisotopic (exact) mass is 402 g/mol. The zero-order chi connectivity index (χ0) is 20.1. The van der Waals surface area contributed by atoms with E-state index >= 15 is 0 Å². The Morgan fingerprint density at radius 2 is 1.79 bits per heavy atom. The minimum Gasteiger partial charge on any atom is -0.352 e. The van der Waals surface area contributed by atoms with Gasteiger partial charge in [-0.2, -0.15) is 5.26 Å². The maximum atomic E-state index is 13.0. The summed E-state index contributed by atoms with van der Waals surface area (Å²) < 4.78 is 1.69. The highest BCUT2D eigenvalue weighted by molar-refractivity contribution is 8.00. The topological polar surface area (TPSA) is 61.9 Å². The summed E-state index contributed by atoms with van der Waals surface area (Å²) in [4.78, 5) is 20.8. The SMILES string of the molecule is N#Cc1ccc(Cn2ccnc(N3CCC(Sc4ccccc4)CC3)c2=O)cc1. The van der Waals surface area contributed by atoms with Crippen molar-refractivity contribution in [2.24, 2.45) is 0 Å². The van der Waals surface area contributed by atoms with Crippen LogP contribution in [0.3, 0.4) is 0 Å². The molecule has 0 bridgehead atoms. The van der Waals surface area contributed by atoms with E-state index in [0.29, 0.717) is 23.2 Å². The van der Waals surface area contributed by atoms with Crippen molar-refractivity contribution in [1.29, 1.82) is 5.26 Å². The highest BCUT2D eigenvalue weighted by Gasteiger charge is 2.23. The van der Waals surface area contributed by atoms with E-state index in [0.717, 1.165) is 31.5 Å². The summed E-state index contributed by atoms with van der Waals surface area (Å²) in [5.74, 6) is 0.532. The van der Waals surface area contributed by atoms with Gasteiger partial charge in [-0.05, 0) is 42.7 Å². The first kappa shape index (κ1) is 19.3. The molecular formula is C23H22N4OS. The summed E-state index contributed by atoms with van der Waals surface area (Å²) >= 11 is 1.92. The fourth-order valence-electron chi connectivity index (χ4n) is 3.54. The highest BCUT2D eigenvalue weighted by atomic mass is 32.2. The molecule has 0 unspecified atom stereocenters. The van der Waals surface area contributed by atoms with Crippen LogP contribution in [0, 0.1) is 11.3 Å². The van der Waals surface area contributed by atoms with Gasteiger partial charge in [0.25, 0.3) is 5.56 Å². The quantitative estimate of drug-likeness (QED) is 0.647. The summed E-state index contributed by atoms with van der Waals surface area (Å²) in [5, 5.41) is 9.49. The van der Waals surface area contributed by atoms with Gasteiger partial charge in [0.1, 0.15) is 0 Å². The van der Waals surface area contributed by atoms with E-state index in [9.17, 15) is 4.79 Å². The van der Waals surface area contributed by atoms with E-state index in [4.69, 9.17) is 5.26 Å². The Bertz CT molecular complexity index is 1050. The van der Waals surface area contributed by atoms with Crippen molar-refractivity contribution in [3.05, 3.63) is 88.5 Å². The number of aromatic nitrogens is 2. The van der Waals surface area contributed by atoms with E-state index in [2.05, 4.69) is 40.2 Å². The molecule has 1 aromatic heterocycles. The third kappa shape index (κ3) is 4.69. The smallest absolute Gasteiger partial charge is 0.293 e. The molecule has 3 aromatic rings. The zero-order valence-electron chi connectivity index (χ0n) is 16.1. The Balaban J connectivity index is 1.42. The molecule has 0 amide bonds. The van der Waals surface area contributed by atoms with Crippen LogP contribution in [0.15, 0.2) is 76.7 Å². The summed E-state index contributed by atoms with van der Waals surface area (Å²) in [5.41, 5.74) is 1.54. The lowest BCUT2D eigenvalue weighted by Crippen LogP contribution is -2.40. The molecule has 1 aliphatic heterocycles. The lowest BCUT2D eigenvalue weighted by Gasteiger charge is -2.32. The third-order valence-corrected chi connectivity index (χ3v) is 6.47. The number of nitriles is 1. The van der Waals surface area contributed by atoms with Gasteiger partial charge in [0.2, 0.25) is 0 Å². The average molecular weight is 403 g/mol. The molecule has 0 N–H and O–H groups in total. The third-order valence-electron chi connectivity index (χ3n) is 5.12. The summed E-state index contributed by atoms with van der Waals surface area (Å²) in [6.45, 7) is 2.15. The first-order valence-electron chi connectivity index (χ1n) is 9.74. The van der Waals surface area contributed by atoms with Gasteiger partial charge >= 0.3 is 0 Å². The molecule has 0 saturated carbocycles. The molecule has 146 valence electrons. The van der Waals surface area contributed by atoms with E-state index < -0.39 is 0 Å². The van der Waals surface area contributed by atoms with Crippen LogP contribution in [0.5, 0.6) is 0 Å². The van der Waals surface area contributed by atoms with Crippen molar-refractivity contribution in [1.82, 2.24) is 9.55 Å². The van der Waals surface area contributed by atoms with Gasteiger partial charge in [-0.3, -0.25) is 4.79 Å². The predicted octanol–water partition coefficient (Wildman–Crippen LogP) is 3.92. The minimum atomic E-state index is -0.0639.